The number of amides is 3. The zero-order valence-corrected chi connectivity index (χ0v) is 16.4. The van der Waals surface area contributed by atoms with Gasteiger partial charge in [0, 0.05) is 38.2 Å². The maximum absolute atomic E-state index is 12.2. The molecule has 0 radical (unpaired) electrons. The van der Waals surface area contributed by atoms with E-state index in [9.17, 15) is 19.2 Å². The quantitative estimate of drug-likeness (QED) is 0.663. The van der Waals surface area contributed by atoms with Crippen molar-refractivity contribution in [3.63, 3.8) is 0 Å². The van der Waals surface area contributed by atoms with Crippen LogP contribution in [0.4, 0.5) is 4.79 Å². The number of carbonyl (C=O) groups is 3. The van der Waals surface area contributed by atoms with E-state index in [0.29, 0.717) is 25.9 Å². The van der Waals surface area contributed by atoms with Crippen molar-refractivity contribution in [2.45, 2.75) is 51.7 Å². The number of rotatable bonds is 5. The highest BCUT2D eigenvalue weighted by Crippen LogP contribution is 2.12. The van der Waals surface area contributed by atoms with Crippen molar-refractivity contribution in [2.24, 2.45) is 0 Å². The molecule has 1 aliphatic heterocycles. The molecule has 0 saturated carbocycles. The molecule has 3 N–H and O–H groups in total. The van der Waals surface area contributed by atoms with Gasteiger partial charge in [-0.1, -0.05) is 0 Å². The number of aromatic amines is 1. The number of nitrogens with one attached hydrogen (secondary N) is 3. The molecule has 2 heterocycles. The van der Waals surface area contributed by atoms with E-state index in [2.05, 4.69) is 20.8 Å². The van der Waals surface area contributed by atoms with E-state index >= 15 is 0 Å². The minimum Gasteiger partial charge on any atom is -0.444 e. The van der Waals surface area contributed by atoms with Crippen molar-refractivity contribution in [3.05, 3.63) is 28.2 Å². The van der Waals surface area contributed by atoms with Gasteiger partial charge in [0.05, 0.1) is 0 Å². The predicted octanol–water partition coefficient (Wildman–Crippen LogP) is 0.406. The van der Waals surface area contributed by atoms with Crippen LogP contribution in [0.5, 0.6) is 0 Å². The molecule has 0 aromatic carbocycles. The van der Waals surface area contributed by atoms with Gasteiger partial charge in [-0.05, 0) is 39.7 Å². The molecule has 0 spiro atoms. The molecule has 0 bridgehead atoms. The van der Waals surface area contributed by atoms with Gasteiger partial charge < -0.3 is 20.3 Å². The van der Waals surface area contributed by atoms with Gasteiger partial charge in [0.15, 0.2) is 0 Å². The number of hydrogen-bond acceptors (Lipinski definition) is 6. The van der Waals surface area contributed by atoms with Crippen LogP contribution < -0.4 is 16.2 Å². The fraction of sp³-hybridized carbons (Fsp3) is 0.611. The highest BCUT2D eigenvalue weighted by Gasteiger charge is 2.24. The van der Waals surface area contributed by atoms with Crippen LogP contribution in [-0.2, 0) is 9.53 Å². The number of alkyl carbamates (subject to hydrolysis) is 1. The second-order valence-electron chi connectivity index (χ2n) is 7.61. The third-order valence-electron chi connectivity index (χ3n) is 4.10. The lowest BCUT2D eigenvalue weighted by atomic mass is 10.0. The normalized spacial score (nSPS) is 15.0. The zero-order chi connectivity index (χ0) is 20.7. The summed E-state index contributed by atoms with van der Waals surface area (Å²) in [4.78, 5) is 48.7. The summed E-state index contributed by atoms with van der Waals surface area (Å²) in [6.45, 7) is 6.57. The van der Waals surface area contributed by atoms with E-state index in [0.717, 1.165) is 0 Å². The molecule has 10 nitrogen and oxygen atoms in total. The number of nitrogens with zero attached hydrogens (tertiary/aromatic N) is 2. The largest absolute Gasteiger partial charge is 0.444 e. The lowest BCUT2D eigenvalue weighted by Crippen LogP contribution is -2.47. The summed E-state index contributed by atoms with van der Waals surface area (Å²) in [6.07, 6.45) is 0.899. The van der Waals surface area contributed by atoms with Gasteiger partial charge in [0.1, 0.15) is 11.3 Å². The minimum absolute atomic E-state index is 0.0527. The average molecular weight is 393 g/mol. The molecule has 1 fully saturated rings. The second-order valence-corrected chi connectivity index (χ2v) is 7.61. The third-order valence-corrected chi connectivity index (χ3v) is 4.10. The Morgan fingerprint density at radius 2 is 1.93 bits per heavy atom. The van der Waals surface area contributed by atoms with E-state index in [4.69, 9.17) is 4.74 Å². The molecule has 0 unspecified atom stereocenters. The molecular formula is C18H27N5O5. The monoisotopic (exact) mass is 393 g/mol. The van der Waals surface area contributed by atoms with Crippen LogP contribution >= 0.6 is 0 Å². The Morgan fingerprint density at radius 3 is 2.50 bits per heavy atom. The first-order chi connectivity index (χ1) is 13.1. The first kappa shape index (κ1) is 21.4. The van der Waals surface area contributed by atoms with Crippen LogP contribution in [0.3, 0.4) is 0 Å². The molecule has 1 saturated heterocycles. The van der Waals surface area contributed by atoms with Crippen molar-refractivity contribution in [3.8, 4) is 0 Å². The average Bonchev–Trinajstić information content (AvgIpc) is 2.61. The Morgan fingerprint density at radius 1 is 1.25 bits per heavy atom. The molecule has 1 aromatic rings. The molecule has 154 valence electrons. The Hall–Kier alpha value is -2.91. The topological polar surface area (TPSA) is 133 Å². The summed E-state index contributed by atoms with van der Waals surface area (Å²) in [5.74, 6) is -0.411. The number of likely N-dealkylation sites (tertiary alicyclic amines) is 1. The van der Waals surface area contributed by atoms with Crippen molar-refractivity contribution >= 4 is 17.9 Å². The van der Waals surface area contributed by atoms with E-state index in [1.807, 2.05) is 0 Å². The summed E-state index contributed by atoms with van der Waals surface area (Å²) >= 11 is 0. The van der Waals surface area contributed by atoms with Gasteiger partial charge in [0.25, 0.3) is 11.5 Å². The van der Waals surface area contributed by atoms with Gasteiger partial charge in [-0.25, -0.2) is 9.89 Å². The first-order valence-corrected chi connectivity index (χ1v) is 9.25. The second kappa shape index (κ2) is 9.34. The molecule has 2 rings (SSSR count). The Labute approximate surface area is 163 Å². The number of piperidine rings is 1. The molecule has 10 heteroatoms. The smallest absolute Gasteiger partial charge is 0.407 e. The maximum Gasteiger partial charge on any atom is 0.407 e. The molecular weight excluding hydrogens is 366 g/mol. The van der Waals surface area contributed by atoms with Gasteiger partial charge in [-0.3, -0.25) is 14.4 Å². The molecule has 28 heavy (non-hydrogen) atoms. The Balaban J connectivity index is 1.69. The van der Waals surface area contributed by atoms with E-state index in [-0.39, 0.29) is 42.1 Å². The first-order valence-electron chi connectivity index (χ1n) is 9.25. The van der Waals surface area contributed by atoms with Crippen LogP contribution in [-0.4, -0.2) is 64.3 Å². The van der Waals surface area contributed by atoms with E-state index < -0.39 is 11.7 Å². The Kier molecular flexibility index (Phi) is 7.13. The lowest BCUT2D eigenvalue weighted by molar-refractivity contribution is -0.132. The summed E-state index contributed by atoms with van der Waals surface area (Å²) in [7, 11) is 0. The highest BCUT2D eigenvalue weighted by molar-refractivity contribution is 5.92. The summed E-state index contributed by atoms with van der Waals surface area (Å²) < 4.78 is 5.12. The van der Waals surface area contributed by atoms with Crippen molar-refractivity contribution in [1.82, 2.24) is 25.7 Å². The molecule has 0 atom stereocenters. The Bertz CT molecular complexity index is 742. The zero-order valence-electron chi connectivity index (χ0n) is 16.4. The predicted molar refractivity (Wildman–Crippen MR) is 101 cm³/mol. The molecule has 1 aliphatic rings. The lowest BCUT2D eigenvalue weighted by Gasteiger charge is -2.32. The van der Waals surface area contributed by atoms with Crippen LogP contribution in [0.15, 0.2) is 16.9 Å². The van der Waals surface area contributed by atoms with E-state index in [1.54, 1.807) is 25.7 Å². The van der Waals surface area contributed by atoms with Crippen molar-refractivity contribution in [1.29, 1.82) is 0 Å². The van der Waals surface area contributed by atoms with E-state index in [1.165, 1.54) is 12.1 Å². The fourth-order valence-corrected chi connectivity index (χ4v) is 2.75. The van der Waals surface area contributed by atoms with Crippen molar-refractivity contribution in [2.75, 3.05) is 19.6 Å². The standard InChI is InChI=1S/C18H27N5O5/c1-18(2,3)28-17(27)19-9-6-15(25)23-10-7-12(8-11-23)20-16(26)13-4-5-14(24)22-21-13/h4-5,12H,6-11H2,1-3H3,(H,19,27)(H,20,26)(H,22,24). The maximum atomic E-state index is 12.2. The highest BCUT2D eigenvalue weighted by atomic mass is 16.6. The number of H-pyrrole nitrogens is 1. The van der Waals surface area contributed by atoms with Gasteiger partial charge in [0.2, 0.25) is 5.91 Å². The molecule has 1 aromatic heterocycles. The van der Waals surface area contributed by atoms with Crippen LogP contribution in [0.2, 0.25) is 0 Å². The van der Waals surface area contributed by atoms with Crippen LogP contribution in [0.25, 0.3) is 0 Å². The van der Waals surface area contributed by atoms with Gasteiger partial charge >= 0.3 is 6.09 Å². The SMILES string of the molecule is CC(C)(C)OC(=O)NCCC(=O)N1CCC(NC(=O)c2ccc(=O)[nH]n2)CC1. The van der Waals surface area contributed by atoms with Crippen LogP contribution in [0, 0.1) is 0 Å². The number of carbonyl (C=O) groups excluding carboxylic acids is 3. The molecule has 3 amide bonds. The summed E-state index contributed by atoms with van der Waals surface area (Å²) in [5, 5.41) is 11.3. The summed E-state index contributed by atoms with van der Waals surface area (Å²) in [5.41, 5.74) is -0.804. The van der Waals surface area contributed by atoms with Crippen molar-refractivity contribution < 1.29 is 19.1 Å². The molecule has 0 aliphatic carbocycles. The minimum atomic E-state index is -0.578. The van der Waals surface area contributed by atoms with Crippen LogP contribution in [0.1, 0.15) is 50.5 Å². The number of ether oxygens (including phenoxy) is 1. The van der Waals surface area contributed by atoms with Gasteiger partial charge in [-0.2, -0.15) is 5.10 Å². The van der Waals surface area contributed by atoms with Gasteiger partial charge in [-0.15, -0.1) is 0 Å². The summed E-state index contributed by atoms with van der Waals surface area (Å²) in [6, 6.07) is 2.55. The fourth-order valence-electron chi connectivity index (χ4n) is 2.75. The number of hydrogen-bond donors (Lipinski definition) is 3. The number of aromatic nitrogens is 2. The third kappa shape index (κ3) is 7.01.